The second kappa shape index (κ2) is 7.17. The molecule has 6 nitrogen and oxygen atoms in total. The fourth-order valence-electron chi connectivity index (χ4n) is 3.40. The highest BCUT2D eigenvalue weighted by molar-refractivity contribution is 5.95. The summed E-state index contributed by atoms with van der Waals surface area (Å²) in [5.41, 5.74) is 1.07. The summed E-state index contributed by atoms with van der Waals surface area (Å²) in [7, 11) is 0. The van der Waals surface area contributed by atoms with Gasteiger partial charge in [-0.25, -0.2) is 0 Å². The van der Waals surface area contributed by atoms with Crippen LogP contribution in [0.15, 0.2) is 59.3 Å². The van der Waals surface area contributed by atoms with Crippen molar-refractivity contribution in [2.45, 2.75) is 6.54 Å². The van der Waals surface area contributed by atoms with Crippen molar-refractivity contribution in [1.82, 2.24) is 14.4 Å². The fraction of sp³-hybridized carbons (Fsp3) is 0.300. The van der Waals surface area contributed by atoms with E-state index >= 15 is 0 Å². The Morgan fingerprint density at radius 2 is 1.73 bits per heavy atom. The van der Waals surface area contributed by atoms with Crippen molar-refractivity contribution < 1.29 is 14.0 Å². The van der Waals surface area contributed by atoms with Crippen LogP contribution in [0.25, 0.3) is 10.9 Å². The third-order valence-electron chi connectivity index (χ3n) is 4.87. The van der Waals surface area contributed by atoms with E-state index in [2.05, 4.69) is 4.90 Å². The lowest BCUT2D eigenvalue weighted by Gasteiger charge is -2.34. The first kappa shape index (κ1) is 16.6. The maximum absolute atomic E-state index is 12.6. The molecule has 1 saturated heterocycles. The normalized spacial score (nSPS) is 15.5. The Balaban J connectivity index is 1.31. The molecule has 26 heavy (non-hydrogen) atoms. The van der Waals surface area contributed by atoms with E-state index < -0.39 is 0 Å². The maximum Gasteiger partial charge on any atom is 0.242 e. The molecule has 0 bridgehead atoms. The molecular weight excluding hydrogens is 330 g/mol. The third-order valence-corrected chi connectivity index (χ3v) is 4.87. The van der Waals surface area contributed by atoms with Crippen molar-refractivity contribution >= 4 is 22.6 Å². The van der Waals surface area contributed by atoms with Gasteiger partial charge in [-0.1, -0.05) is 18.2 Å². The van der Waals surface area contributed by atoms with Gasteiger partial charge >= 0.3 is 0 Å². The number of furan rings is 1. The summed E-state index contributed by atoms with van der Waals surface area (Å²) in [6.07, 6.45) is 3.47. The van der Waals surface area contributed by atoms with Gasteiger partial charge in [0.05, 0.1) is 12.8 Å². The molecule has 0 unspecified atom stereocenters. The number of hydrogen-bond acceptors (Lipinski definition) is 4. The molecule has 4 rings (SSSR count). The monoisotopic (exact) mass is 351 g/mol. The van der Waals surface area contributed by atoms with Crippen LogP contribution in [0.2, 0.25) is 0 Å². The molecule has 0 atom stereocenters. The van der Waals surface area contributed by atoms with Gasteiger partial charge in [-0.15, -0.1) is 0 Å². The minimum Gasteiger partial charge on any atom is -0.461 e. The molecule has 1 aromatic carbocycles. The number of benzene rings is 1. The van der Waals surface area contributed by atoms with E-state index in [9.17, 15) is 9.59 Å². The van der Waals surface area contributed by atoms with E-state index in [-0.39, 0.29) is 11.7 Å². The van der Waals surface area contributed by atoms with Gasteiger partial charge < -0.3 is 13.9 Å². The van der Waals surface area contributed by atoms with Crippen LogP contribution < -0.4 is 0 Å². The highest BCUT2D eigenvalue weighted by Crippen LogP contribution is 2.15. The van der Waals surface area contributed by atoms with Crippen LogP contribution in [-0.2, 0) is 11.3 Å². The Morgan fingerprint density at radius 1 is 0.923 bits per heavy atom. The van der Waals surface area contributed by atoms with Crippen LogP contribution >= 0.6 is 0 Å². The Hall–Kier alpha value is -2.86. The van der Waals surface area contributed by atoms with Crippen LogP contribution in [-0.4, -0.2) is 58.8 Å². The van der Waals surface area contributed by atoms with Crippen molar-refractivity contribution in [3.05, 3.63) is 60.7 Å². The van der Waals surface area contributed by atoms with Crippen molar-refractivity contribution in [1.29, 1.82) is 0 Å². The number of amides is 1. The highest BCUT2D eigenvalue weighted by atomic mass is 16.3. The van der Waals surface area contributed by atoms with Gasteiger partial charge in [0.15, 0.2) is 5.76 Å². The van der Waals surface area contributed by atoms with Gasteiger partial charge in [0.2, 0.25) is 11.7 Å². The third kappa shape index (κ3) is 3.41. The van der Waals surface area contributed by atoms with Crippen LogP contribution in [0.4, 0.5) is 0 Å². The molecule has 134 valence electrons. The Labute approximate surface area is 151 Å². The molecule has 0 radical (unpaired) electrons. The van der Waals surface area contributed by atoms with E-state index in [1.165, 1.54) is 6.26 Å². The van der Waals surface area contributed by atoms with Crippen molar-refractivity contribution in [3.63, 3.8) is 0 Å². The lowest BCUT2D eigenvalue weighted by Crippen LogP contribution is -2.50. The summed E-state index contributed by atoms with van der Waals surface area (Å²) in [6.45, 7) is 3.36. The first-order valence-corrected chi connectivity index (χ1v) is 8.81. The minimum atomic E-state index is -0.0198. The van der Waals surface area contributed by atoms with Gasteiger partial charge in [0.25, 0.3) is 0 Å². The summed E-state index contributed by atoms with van der Waals surface area (Å²) < 4.78 is 7.14. The molecule has 3 aromatic rings. The molecule has 3 heterocycles. The average molecular weight is 351 g/mol. The lowest BCUT2D eigenvalue weighted by molar-refractivity contribution is -0.133. The van der Waals surface area contributed by atoms with Crippen molar-refractivity contribution in [2.24, 2.45) is 0 Å². The molecule has 6 heteroatoms. The molecule has 1 fully saturated rings. The predicted molar refractivity (Wildman–Crippen MR) is 98.0 cm³/mol. The number of fused-ring (bicyclic) bond motifs is 1. The fourth-order valence-corrected chi connectivity index (χ4v) is 3.40. The lowest BCUT2D eigenvalue weighted by atomic mass is 10.2. The highest BCUT2D eigenvalue weighted by Gasteiger charge is 2.23. The van der Waals surface area contributed by atoms with Crippen LogP contribution in [0.5, 0.6) is 0 Å². The Kier molecular flexibility index (Phi) is 4.58. The van der Waals surface area contributed by atoms with Crippen molar-refractivity contribution in [3.8, 4) is 0 Å². The summed E-state index contributed by atoms with van der Waals surface area (Å²) in [6, 6.07) is 13.5. The number of piperazine rings is 1. The van der Waals surface area contributed by atoms with Gasteiger partial charge in [0, 0.05) is 37.9 Å². The van der Waals surface area contributed by atoms with Gasteiger partial charge in [-0.2, -0.15) is 0 Å². The van der Waals surface area contributed by atoms with Crippen molar-refractivity contribution in [2.75, 3.05) is 32.7 Å². The first-order valence-electron chi connectivity index (χ1n) is 8.81. The zero-order valence-corrected chi connectivity index (χ0v) is 14.5. The number of Topliss-reactive ketones (excluding diaryl/α,β-unsaturated/α-hetero) is 1. The second-order valence-corrected chi connectivity index (χ2v) is 6.56. The molecule has 2 aromatic heterocycles. The number of nitrogens with zero attached hydrogens (tertiary/aromatic N) is 3. The standard InChI is InChI=1S/C20H21N3O3/c24-18(19-6-3-13-26-19)14-21-9-11-22(12-10-21)20(25)15-23-8-7-16-4-1-2-5-17(16)23/h1-8,13H,9-12,14-15H2. The first-order chi connectivity index (χ1) is 12.7. The molecular formula is C20H21N3O3. The van der Waals surface area contributed by atoms with Crippen LogP contribution in [0.3, 0.4) is 0 Å². The second-order valence-electron chi connectivity index (χ2n) is 6.56. The Morgan fingerprint density at radius 3 is 2.50 bits per heavy atom. The van der Waals surface area contributed by atoms with Gasteiger partial charge in [-0.3, -0.25) is 14.5 Å². The van der Waals surface area contributed by atoms with Crippen LogP contribution in [0, 0.1) is 0 Å². The summed E-state index contributed by atoms with van der Waals surface area (Å²) >= 11 is 0. The number of carbonyl (C=O) groups excluding carboxylic acids is 2. The number of rotatable bonds is 5. The largest absolute Gasteiger partial charge is 0.461 e. The predicted octanol–water partition coefficient (Wildman–Crippen LogP) is 2.26. The number of para-hydroxylation sites is 1. The zero-order chi connectivity index (χ0) is 17.9. The number of ketones is 1. The molecule has 0 aliphatic carbocycles. The number of hydrogen-bond donors (Lipinski definition) is 0. The average Bonchev–Trinajstić information content (AvgIpc) is 3.33. The molecule has 0 saturated carbocycles. The maximum atomic E-state index is 12.6. The summed E-state index contributed by atoms with van der Waals surface area (Å²) in [5, 5.41) is 1.14. The smallest absolute Gasteiger partial charge is 0.242 e. The van der Waals surface area contributed by atoms with E-state index in [1.54, 1.807) is 12.1 Å². The molecule has 0 N–H and O–H groups in total. The topological polar surface area (TPSA) is 58.7 Å². The van der Waals surface area contributed by atoms with Crippen LogP contribution in [0.1, 0.15) is 10.6 Å². The number of aromatic nitrogens is 1. The zero-order valence-electron chi connectivity index (χ0n) is 14.5. The summed E-state index contributed by atoms with van der Waals surface area (Å²) in [4.78, 5) is 28.7. The quantitative estimate of drug-likeness (QED) is 0.662. The SMILES string of the molecule is O=C(CN1CCN(C(=O)Cn2ccc3ccccc32)CC1)c1ccco1. The molecule has 1 aliphatic heterocycles. The summed E-state index contributed by atoms with van der Waals surface area (Å²) in [5.74, 6) is 0.486. The molecule has 0 spiro atoms. The van der Waals surface area contributed by atoms with E-state index in [4.69, 9.17) is 4.42 Å². The molecule has 1 aliphatic rings. The van der Waals surface area contributed by atoms with E-state index in [0.717, 1.165) is 10.9 Å². The minimum absolute atomic E-state index is 0.0198. The van der Waals surface area contributed by atoms with E-state index in [1.807, 2.05) is 46.0 Å². The van der Waals surface area contributed by atoms with Gasteiger partial charge in [0.1, 0.15) is 6.54 Å². The number of carbonyl (C=O) groups is 2. The van der Waals surface area contributed by atoms with Gasteiger partial charge in [-0.05, 0) is 29.7 Å². The Bertz CT molecular complexity index is 905. The molecule has 1 amide bonds. The van der Waals surface area contributed by atoms with E-state index in [0.29, 0.717) is 45.0 Å².